The zero-order chi connectivity index (χ0) is 12.5. The fourth-order valence-electron chi connectivity index (χ4n) is 1.50. The second kappa shape index (κ2) is 7.39. The summed E-state index contributed by atoms with van der Waals surface area (Å²) in [6.07, 6.45) is 8.55. The number of allylic oxidation sites excluding steroid dienone is 5. The van der Waals surface area contributed by atoms with Crippen LogP contribution in [-0.2, 0) is 11.2 Å². The van der Waals surface area contributed by atoms with Crippen molar-refractivity contribution in [1.82, 2.24) is 0 Å². The van der Waals surface area contributed by atoms with Gasteiger partial charge in [-0.3, -0.25) is 4.79 Å². The van der Waals surface area contributed by atoms with Gasteiger partial charge in [0.25, 0.3) is 0 Å². The summed E-state index contributed by atoms with van der Waals surface area (Å²) in [5.41, 5.74) is 1.91. The van der Waals surface area contributed by atoms with Gasteiger partial charge in [-0.25, -0.2) is 0 Å². The van der Waals surface area contributed by atoms with Crippen molar-refractivity contribution in [2.24, 2.45) is 0 Å². The summed E-state index contributed by atoms with van der Waals surface area (Å²) in [7, 11) is 0. The van der Waals surface area contributed by atoms with E-state index in [0.717, 1.165) is 11.1 Å². The first-order valence-corrected chi connectivity index (χ1v) is 5.75. The van der Waals surface area contributed by atoms with Gasteiger partial charge in [-0.05, 0) is 18.1 Å². The molecular formula is C16H18O. The summed E-state index contributed by atoms with van der Waals surface area (Å²) in [5, 5.41) is 0. The van der Waals surface area contributed by atoms with Crippen LogP contribution in [0.1, 0.15) is 18.9 Å². The van der Waals surface area contributed by atoms with E-state index < -0.39 is 0 Å². The lowest BCUT2D eigenvalue weighted by molar-refractivity contribution is -0.117. The number of Topliss-reactive ketones (excluding diaryl/α,β-unsaturated/α-hetero) is 1. The van der Waals surface area contributed by atoms with E-state index in [1.165, 1.54) is 0 Å². The Morgan fingerprint density at radius 2 is 1.94 bits per heavy atom. The van der Waals surface area contributed by atoms with Crippen molar-refractivity contribution >= 4 is 5.78 Å². The van der Waals surface area contributed by atoms with E-state index in [1.807, 2.05) is 61.6 Å². The highest BCUT2D eigenvalue weighted by Crippen LogP contribution is 2.07. The van der Waals surface area contributed by atoms with E-state index in [2.05, 4.69) is 6.58 Å². The number of ketones is 1. The van der Waals surface area contributed by atoms with Crippen molar-refractivity contribution < 1.29 is 4.79 Å². The maximum atomic E-state index is 11.7. The quantitative estimate of drug-likeness (QED) is 0.673. The molecule has 0 atom stereocenters. The van der Waals surface area contributed by atoms with E-state index in [9.17, 15) is 4.79 Å². The van der Waals surface area contributed by atoms with Gasteiger partial charge in [0.15, 0.2) is 0 Å². The third-order valence-corrected chi connectivity index (χ3v) is 2.30. The number of carbonyl (C=O) groups excluding carboxylic acids is 1. The van der Waals surface area contributed by atoms with Crippen molar-refractivity contribution in [2.75, 3.05) is 0 Å². The molecule has 1 nitrogen and oxygen atoms in total. The van der Waals surface area contributed by atoms with Crippen molar-refractivity contribution in [3.8, 4) is 0 Å². The highest BCUT2D eigenvalue weighted by Gasteiger charge is 2.03. The van der Waals surface area contributed by atoms with Crippen LogP contribution in [0.25, 0.3) is 0 Å². The summed E-state index contributed by atoms with van der Waals surface area (Å²) in [5.74, 6) is 0.200. The molecule has 0 amide bonds. The van der Waals surface area contributed by atoms with Gasteiger partial charge >= 0.3 is 0 Å². The molecule has 88 valence electrons. The Labute approximate surface area is 103 Å². The molecule has 0 saturated carbocycles. The molecule has 1 aromatic carbocycles. The number of rotatable bonds is 6. The Morgan fingerprint density at radius 3 is 2.59 bits per heavy atom. The van der Waals surface area contributed by atoms with Crippen LogP contribution in [0.4, 0.5) is 0 Å². The average Bonchev–Trinajstić information content (AvgIpc) is 2.30. The lowest BCUT2D eigenvalue weighted by Crippen LogP contribution is -2.02. The normalized spacial score (nSPS) is 11.1. The molecule has 0 N–H and O–H groups in total. The van der Waals surface area contributed by atoms with Gasteiger partial charge in [-0.1, -0.05) is 61.2 Å². The fraction of sp³-hybridized carbons (Fsp3) is 0.188. The topological polar surface area (TPSA) is 17.1 Å². The van der Waals surface area contributed by atoms with Crippen LogP contribution < -0.4 is 0 Å². The van der Waals surface area contributed by atoms with Gasteiger partial charge in [0.2, 0.25) is 0 Å². The van der Waals surface area contributed by atoms with Crippen LogP contribution in [0.15, 0.2) is 66.8 Å². The molecule has 0 fully saturated rings. The molecule has 0 heterocycles. The highest BCUT2D eigenvalue weighted by atomic mass is 16.1. The van der Waals surface area contributed by atoms with E-state index in [0.29, 0.717) is 12.8 Å². The van der Waals surface area contributed by atoms with Crippen molar-refractivity contribution in [1.29, 1.82) is 0 Å². The van der Waals surface area contributed by atoms with Gasteiger partial charge in [0.1, 0.15) is 5.78 Å². The predicted molar refractivity (Wildman–Crippen MR) is 72.9 cm³/mol. The number of hydrogen-bond donors (Lipinski definition) is 0. The Hall–Kier alpha value is -1.89. The molecule has 1 aromatic rings. The lowest BCUT2D eigenvalue weighted by atomic mass is 10.0. The lowest BCUT2D eigenvalue weighted by Gasteiger charge is -2.01. The molecule has 0 bridgehead atoms. The number of benzene rings is 1. The molecule has 0 aliphatic carbocycles. The van der Waals surface area contributed by atoms with Gasteiger partial charge in [-0.15, -0.1) is 0 Å². The smallest absolute Gasteiger partial charge is 0.141 e. The third kappa shape index (κ3) is 5.67. The SMILES string of the molecule is C=C(/C=C\C=C/C)CC(=O)Cc1ccccc1. The predicted octanol–water partition coefficient (Wildman–Crippen LogP) is 3.88. The first-order valence-electron chi connectivity index (χ1n) is 5.75. The monoisotopic (exact) mass is 226 g/mol. The molecule has 0 saturated heterocycles. The van der Waals surface area contributed by atoms with E-state index in [1.54, 1.807) is 0 Å². The molecule has 17 heavy (non-hydrogen) atoms. The van der Waals surface area contributed by atoms with Crippen LogP contribution in [0.5, 0.6) is 0 Å². The van der Waals surface area contributed by atoms with Crippen LogP contribution in [0.3, 0.4) is 0 Å². The molecule has 1 heteroatoms. The molecule has 0 spiro atoms. The second-order valence-electron chi connectivity index (χ2n) is 3.92. The van der Waals surface area contributed by atoms with E-state index in [-0.39, 0.29) is 5.78 Å². The van der Waals surface area contributed by atoms with Crippen LogP contribution in [-0.4, -0.2) is 5.78 Å². The molecular weight excluding hydrogens is 208 g/mol. The Kier molecular flexibility index (Phi) is 5.73. The minimum absolute atomic E-state index is 0.200. The highest BCUT2D eigenvalue weighted by molar-refractivity contribution is 5.83. The van der Waals surface area contributed by atoms with E-state index >= 15 is 0 Å². The molecule has 0 aromatic heterocycles. The molecule has 0 aliphatic rings. The molecule has 1 rings (SSSR count). The Morgan fingerprint density at radius 1 is 1.24 bits per heavy atom. The summed E-state index contributed by atoms with van der Waals surface area (Å²) in [4.78, 5) is 11.7. The zero-order valence-electron chi connectivity index (χ0n) is 10.2. The van der Waals surface area contributed by atoms with E-state index in [4.69, 9.17) is 0 Å². The summed E-state index contributed by atoms with van der Waals surface area (Å²) in [6.45, 7) is 5.82. The average molecular weight is 226 g/mol. The van der Waals surface area contributed by atoms with Gasteiger partial charge in [0.05, 0.1) is 0 Å². The van der Waals surface area contributed by atoms with Gasteiger partial charge in [-0.2, -0.15) is 0 Å². The summed E-state index contributed by atoms with van der Waals surface area (Å²) in [6, 6.07) is 9.78. The Bertz CT molecular complexity index is 424. The minimum atomic E-state index is 0.200. The third-order valence-electron chi connectivity index (χ3n) is 2.30. The minimum Gasteiger partial charge on any atom is -0.299 e. The molecule has 0 unspecified atom stereocenters. The van der Waals surface area contributed by atoms with Gasteiger partial charge < -0.3 is 0 Å². The molecule has 0 radical (unpaired) electrons. The fourth-order valence-corrected chi connectivity index (χ4v) is 1.50. The standard InChI is InChI=1S/C16H18O/c1-3-4-6-9-14(2)12-16(17)13-15-10-7-5-8-11-15/h3-11H,2,12-13H2,1H3/b4-3-,9-6-. The first-order chi connectivity index (χ1) is 8.22. The molecule has 0 aliphatic heterocycles. The number of carbonyl (C=O) groups is 1. The maximum Gasteiger partial charge on any atom is 0.141 e. The van der Waals surface area contributed by atoms with Crippen LogP contribution in [0.2, 0.25) is 0 Å². The zero-order valence-corrected chi connectivity index (χ0v) is 10.2. The number of hydrogen-bond acceptors (Lipinski definition) is 1. The van der Waals surface area contributed by atoms with Crippen LogP contribution in [0, 0.1) is 0 Å². The second-order valence-corrected chi connectivity index (χ2v) is 3.92. The van der Waals surface area contributed by atoms with Crippen molar-refractivity contribution in [3.05, 3.63) is 72.4 Å². The van der Waals surface area contributed by atoms with Gasteiger partial charge in [0, 0.05) is 12.8 Å². The summed E-state index contributed by atoms with van der Waals surface area (Å²) >= 11 is 0. The first kappa shape index (κ1) is 13.2. The Balaban J connectivity index is 2.42. The van der Waals surface area contributed by atoms with Crippen molar-refractivity contribution in [2.45, 2.75) is 19.8 Å². The van der Waals surface area contributed by atoms with Crippen LogP contribution >= 0.6 is 0 Å². The van der Waals surface area contributed by atoms with Crippen molar-refractivity contribution in [3.63, 3.8) is 0 Å². The summed E-state index contributed by atoms with van der Waals surface area (Å²) < 4.78 is 0. The maximum absolute atomic E-state index is 11.7. The largest absolute Gasteiger partial charge is 0.299 e.